The van der Waals surface area contributed by atoms with Crippen LogP contribution in [0.1, 0.15) is 21.5 Å². The van der Waals surface area contributed by atoms with Gasteiger partial charge in [0.25, 0.3) is 5.91 Å². The Kier molecular flexibility index (Phi) is 5.25. The molecule has 0 bridgehead atoms. The molecule has 0 spiro atoms. The lowest BCUT2D eigenvalue weighted by Gasteiger charge is -2.19. The molecule has 0 aliphatic heterocycles. The quantitative estimate of drug-likeness (QED) is 0.367. The summed E-state index contributed by atoms with van der Waals surface area (Å²) in [4.78, 5) is 29.7. The van der Waals surface area contributed by atoms with Gasteiger partial charge in [-0.1, -0.05) is 48.5 Å². The van der Waals surface area contributed by atoms with Crippen molar-refractivity contribution in [3.8, 4) is 0 Å². The Morgan fingerprint density at radius 3 is 2.56 bits per heavy atom. The van der Waals surface area contributed by atoms with Crippen molar-refractivity contribution in [1.82, 2.24) is 20.5 Å². The van der Waals surface area contributed by atoms with E-state index in [-0.39, 0.29) is 18.1 Å². The van der Waals surface area contributed by atoms with Gasteiger partial charge in [-0.15, -0.1) is 0 Å². The van der Waals surface area contributed by atoms with E-state index in [9.17, 15) is 9.59 Å². The number of hydrogen-bond acceptors (Lipinski definition) is 3. The zero-order chi connectivity index (χ0) is 21.9. The maximum Gasteiger partial charge on any atom is 0.252 e. The highest BCUT2D eigenvalue weighted by atomic mass is 16.2. The van der Waals surface area contributed by atoms with Crippen LogP contribution in [-0.4, -0.2) is 32.9 Å². The fourth-order valence-electron chi connectivity index (χ4n) is 4.11. The van der Waals surface area contributed by atoms with Gasteiger partial charge in [0.2, 0.25) is 0 Å². The minimum Gasteiger partial charge on any atom is -0.361 e. The Morgan fingerprint density at radius 2 is 1.69 bits per heavy atom. The van der Waals surface area contributed by atoms with E-state index in [0.29, 0.717) is 12.0 Å². The number of carbonyl (C=O) groups excluding carboxylic acids is 2. The molecule has 32 heavy (non-hydrogen) atoms. The van der Waals surface area contributed by atoms with Crippen LogP contribution in [0.3, 0.4) is 0 Å². The molecular weight excluding hydrogens is 400 g/mol. The summed E-state index contributed by atoms with van der Waals surface area (Å²) >= 11 is 0. The van der Waals surface area contributed by atoms with Gasteiger partial charge in [-0.05, 0) is 41.8 Å². The van der Waals surface area contributed by atoms with Crippen molar-refractivity contribution < 1.29 is 9.59 Å². The van der Waals surface area contributed by atoms with Gasteiger partial charge in [0.05, 0.1) is 17.8 Å². The summed E-state index contributed by atoms with van der Waals surface area (Å²) in [5, 5.41) is 11.8. The summed E-state index contributed by atoms with van der Waals surface area (Å²) in [5.41, 5.74) is 4.20. The molecule has 158 valence electrons. The predicted molar refractivity (Wildman–Crippen MR) is 125 cm³/mol. The molecule has 0 saturated carbocycles. The molecule has 3 N–H and O–H groups in total. The van der Waals surface area contributed by atoms with Crippen LogP contribution in [0.4, 0.5) is 0 Å². The molecule has 0 aliphatic rings. The first-order chi connectivity index (χ1) is 15.7. The first-order valence-corrected chi connectivity index (χ1v) is 10.5. The van der Waals surface area contributed by atoms with Crippen LogP contribution in [0, 0.1) is 0 Å². The average molecular weight is 422 g/mol. The number of rotatable bonds is 7. The highest BCUT2D eigenvalue weighted by Crippen LogP contribution is 2.20. The smallest absolute Gasteiger partial charge is 0.252 e. The standard InChI is InChI=1S/C26H22N4O2/c31-25(15-18-8-4-11-23-21(18)16-28-30-23)24(14-17-6-2-1-3-7-17)29-26(32)20-9-5-10-22-19(20)12-13-27-22/h1-13,16,24,27H,14-15H2,(H,28,30)(H,29,32). The highest BCUT2D eigenvalue weighted by Gasteiger charge is 2.23. The summed E-state index contributed by atoms with van der Waals surface area (Å²) in [5.74, 6) is -0.303. The molecule has 2 aromatic heterocycles. The van der Waals surface area contributed by atoms with E-state index in [1.54, 1.807) is 18.5 Å². The fourth-order valence-corrected chi connectivity index (χ4v) is 4.11. The fraction of sp³-hybridized carbons (Fsp3) is 0.115. The van der Waals surface area contributed by atoms with Gasteiger partial charge < -0.3 is 10.3 Å². The van der Waals surface area contributed by atoms with Crippen molar-refractivity contribution in [3.05, 3.63) is 102 Å². The predicted octanol–water partition coefficient (Wildman–Crippen LogP) is 4.20. The third kappa shape index (κ3) is 3.90. The number of aromatic nitrogens is 3. The SMILES string of the molecule is O=C(NC(Cc1ccccc1)C(=O)Cc1cccc2[nH]ncc12)c1cccc2[nH]ccc12. The molecule has 0 fully saturated rings. The molecule has 2 heterocycles. The Hall–Kier alpha value is -4.19. The van der Waals surface area contributed by atoms with Crippen molar-refractivity contribution in [3.63, 3.8) is 0 Å². The van der Waals surface area contributed by atoms with Crippen molar-refractivity contribution >= 4 is 33.5 Å². The van der Waals surface area contributed by atoms with Gasteiger partial charge in [-0.25, -0.2) is 0 Å². The average Bonchev–Trinajstić information content (AvgIpc) is 3.49. The number of carbonyl (C=O) groups is 2. The second-order valence-corrected chi connectivity index (χ2v) is 7.85. The first-order valence-electron chi connectivity index (χ1n) is 10.5. The van der Waals surface area contributed by atoms with Gasteiger partial charge in [0, 0.05) is 34.5 Å². The zero-order valence-electron chi connectivity index (χ0n) is 17.3. The summed E-state index contributed by atoms with van der Waals surface area (Å²) in [6.07, 6.45) is 4.17. The minimum absolute atomic E-state index is 0.0443. The van der Waals surface area contributed by atoms with Gasteiger partial charge in [0.1, 0.15) is 0 Å². The van der Waals surface area contributed by atoms with Crippen LogP contribution < -0.4 is 5.32 Å². The number of nitrogens with one attached hydrogen (secondary N) is 3. The van der Waals surface area contributed by atoms with Crippen LogP contribution in [0.2, 0.25) is 0 Å². The number of benzene rings is 3. The molecule has 1 atom stereocenters. The molecule has 1 unspecified atom stereocenters. The van der Waals surface area contributed by atoms with Crippen molar-refractivity contribution in [2.24, 2.45) is 0 Å². The van der Waals surface area contributed by atoms with E-state index < -0.39 is 6.04 Å². The van der Waals surface area contributed by atoms with E-state index in [2.05, 4.69) is 20.5 Å². The van der Waals surface area contributed by atoms with Gasteiger partial charge >= 0.3 is 0 Å². The maximum absolute atomic E-state index is 13.4. The third-order valence-corrected chi connectivity index (χ3v) is 5.76. The Morgan fingerprint density at radius 1 is 0.875 bits per heavy atom. The van der Waals surface area contributed by atoms with Gasteiger partial charge in [-0.3, -0.25) is 14.7 Å². The number of nitrogens with zero attached hydrogens (tertiary/aromatic N) is 1. The maximum atomic E-state index is 13.4. The molecule has 6 heteroatoms. The number of amides is 1. The van der Waals surface area contributed by atoms with Crippen LogP contribution >= 0.6 is 0 Å². The minimum atomic E-state index is -0.652. The lowest BCUT2D eigenvalue weighted by atomic mass is 9.96. The third-order valence-electron chi connectivity index (χ3n) is 5.76. The highest BCUT2D eigenvalue weighted by molar-refractivity contribution is 6.08. The molecule has 6 nitrogen and oxygen atoms in total. The van der Waals surface area contributed by atoms with Crippen LogP contribution in [0.15, 0.2) is 85.2 Å². The molecule has 1 amide bonds. The van der Waals surface area contributed by atoms with Gasteiger partial charge in [0.15, 0.2) is 5.78 Å². The zero-order valence-corrected chi connectivity index (χ0v) is 17.3. The van der Waals surface area contributed by atoms with E-state index >= 15 is 0 Å². The number of H-pyrrole nitrogens is 2. The molecule has 5 rings (SSSR count). The first kappa shape index (κ1) is 19.8. The van der Waals surface area contributed by atoms with E-state index in [1.807, 2.05) is 66.7 Å². The van der Waals surface area contributed by atoms with Crippen molar-refractivity contribution in [1.29, 1.82) is 0 Å². The Labute approximate surface area is 184 Å². The normalized spacial score (nSPS) is 12.1. The molecule has 0 saturated heterocycles. The van der Waals surface area contributed by atoms with E-state index in [4.69, 9.17) is 0 Å². The summed E-state index contributed by atoms with van der Waals surface area (Å²) in [6, 6.07) is 22.3. The number of aromatic amines is 2. The van der Waals surface area contributed by atoms with Crippen LogP contribution in [0.25, 0.3) is 21.8 Å². The van der Waals surface area contributed by atoms with Crippen molar-refractivity contribution in [2.75, 3.05) is 0 Å². The molecular formula is C26H22N4O2. The lowest BCUT2D eigenvalue weighted by molar-refractivity contribution is -0.120. The number of ketones is 1. The van der Waals surface area contributed by atoms with E-state index in [0.717, 1.165) is 32.9 Å². The van der Waals surface area contributed by atoms with E-state index in [1.165, 1.54) is 0 Å². The summed E-state index contributed by atoms with van der Waals surface area (Å²) < 4.78 is 0. The topological polar surface area (TPSA) is 90.6 Å². The second-order valence-electron chi connectivity index (χ2n) is 7.85. The van der Waals surface area contributed by atoms with Crippen molar-refractivity contribution in [2.45, 2.75) is 18.9 Å². The van der Waals surface area contributed by atoms with Gasteiger partial charge in [-0.2, -0.15) is 5.10 Å². The Balaban J connectivity index is 1.43. The summed E-state index contributed by atoms with van der Waals surface area (Å²) in [6.45, 7) is 0. The number of Topliss-reactive ketones (excluding diaryl/α,β-unsaturated/α-hetero) is 1. The molecule has 0 aliphatic carbocycles. The monoisotopic (exact) mass is 422 g/mol. The number of hydrogen-bond donors (Lipinski definition) is 3. The molecule has 0 radical (unpaired) electrons. The lowest BCUT2D eigenvalue weighted by Crippen LogP contribution is -2.43. The largest absolute Gasteiger partial charge is 0.361 e. The Bertz CT molecular complexity index is 1400. The second kappa shape index (κ2) is 8.51. The number of fused-ring (bicyclic) bond motifs is 2. The summed E-state index contributed by atoms with van der Waals surface area (Å²) in [7, 11) is 0. The van der Waals surface area contributed by atoms with Crippen LogP contribution in [0.5, 0.6) is 0 Å². The molecule has 5 aromatic rings. The van der Waals surface area contributed by atoms with Crippen LogP contribution in [-0.2, 0) is 17.6 Å². The molecule has 3 aromatic carbocycles.